The van der Waals surface area contributed by atoms with Gasteiger partial charge < -0.3 is 10.2 Å². The molecule has 9 nitrogen and oxygen atoms in total. The molecule has 4 aliphatic rings. The fraction of sp³-hybridized carbons (Fsp3) is 0.268. The van der Waals surface area contributed by atoms with E-state index in [9.17, 15) is 29.0 Å². The van der Waals surface area contributed by atoms with Gasteiger partial charge in [-0.1, -0.05) is 65.7 Å². The van der Waals surface area contributed by atoms with E-state index in [0.717, 1.165) is 16.1 Å². The van der Waals surface area contributed by atoms with Crippen molar-refractivity contribution in [2.75, 3.05) is 12.0 Å². The lowest BCUT2D eigenvalue weighted by Crippen LogP contribution is -2.53. The first-order valence-electron chi connectivity index (χ1n) is 17.3. The highest BCUT2D eigenvalue weighted by atomic mass is 35.5. The van der Waals surface area contributed by atoms with E-state index < -0.39 is 52.6 Å². The van der Waals surface area contributed by atoms with Crippen molar-refractivity contribution >= 4 is 40.9 Å². The van der Waals surface area contributed by atoms with E-state index in [0.29, 0.717) is 33.8 Å². The van der Waals surface area contributed by atoms with Crippen molar-refractivity contribution in [3.63, 3.8) is 0 Å². The van der Waals surface area contributed by atoms with Gasteiger partial charge >= 0.3 is 0 Å². The number of aromatic hydroxyl groups is 2. The zero-order valence-electron chi connectivity index (χ0n) is 28.1. The number of aryl methyl sites for hydroxylation is 1. The van der Waals surface area contributed by atoms with Gasteiger partial charge in [-0.2, -0.15) is 5.01 Å². The van der Waals surface area contributed by atoms with Crippen molar-refractivity contribution in [2.24, 2.45) is 23.7 Å². The number of phenolic OH excluding ortho intramolecular Hbond substituents is 2. The van der Waals surface area contributed by atoms with Gasteiger partial charge in [-0.25, -0.2) is 4.39 Å². The Morgan fingerprint density at radius 3 is 2.29 bits per heavy atom. The molecule has 2 aliphatic heterocycles. The standard InChI is InChI=1S/C41H35ClFN3O6/c1-22-3-2-4-31(36(22)48)35-29-17-18-30-34(39(51)45(37(30)49)20-19-23-5-15-28(47)16-6-23)32(29)21-33-38(50)46(44-27-13-11-26(43)12-14-27)40(52)41(33,35)24-7-9-25(42)10-8-24/h2-17,30,32-35,44,47-48H,18-21H2,1H3. The highest BCUT2D eigenvalue weighted by Crippen LogP contribution is 2.65. The largest absolute Gasteiger partial charge is 0.508 e. The topological polar surface area (TPSA) is 127 Å². The average Bonchev–Trinajstić information content (AvgIpc) is 3.51. The van der Waals surface area contributed by atoms with Gasteiger partial charge in [0.1, 0.15) is 17.3 Å². The second-order valence-corrected chi connectivity index (χ2v) is 14.6. The van der Waals surface area contributed by atoms with Crippen molar-refractivity contribution in [1.82, 2.24) is 9.91 Å². The Bertz CT molecular complexity index is 2150. The molecule has 6 atom stereocenters. The van der Waals surface area contributed by atoms with Crippen LogP contribution in [0.4, 0.5) is 10.1 Å². The SMILES string of the molecule is Cc1cccc(C2C3=CCC4C(=O)N(CCc5ccc(O)cc5)C(=O)C4C3CC3C(=O)N(Nc4ccc(F)cc4)C(=O)C32c2ccc(Cl)cc2)c1O. The van der Waals surface area contributed by atoms with E-state index in [1.165, 1.54) is 29.2 Å². The first kappa shape index (κ1) is 33.7. The average molecular weight is 720 g/mol. The minimum Gasteiger partial charge on any atom is -0.508 e. The molecule has 11 heteroatoms. The van der Waals surface area contributed by atoms with Crippen molar-refractivity contribution in [3.8, 4) is 11.5 Å². The van der Waals surface area contributed by atoms with Gasteiger partial charge in [0.25, 0.3) is 11.8 Å². The number of nitrogens with one attached hydrogen (secondary N) is 1. The molecule has 0 bridgehead atoms. The Morgan fingerprint density at radius 2 is 1.58 bits per heavy atom. The molecular weight excluding hydrogens is 685 g/mol. The van der Waals surface area contributed by atoms with Crippen LogP contribution in [0.3, 0.4) is 0 Å². The van der Waals surface area contributed by atoms with Crippen LogP contribution >= 0.6 is 11.6 Å². The molecule has 8 rings (SSSR count). The third-order valence-electron chi connectivity index (χ3n) is 11.5. The van der Waals surface area contributed by atoms with Crippen LogP contribution in [0, 0.1) is 36.4 Å². The quantitative estimate of drug-likeness (QED) is 0.149. The maximum Gasteiger partial charge on any atom is 0.260 e. The number of halogens is 2. The molecule has 3 fully saturated rings. The van der Waals surface area contributed by atoms with Gasteiger partial charge in [-0.05, 0) is 97.3 Å². The van der Waals surface area contributed by atoms with E-state index in [-0.39, 0.29) is 42.7 Å². The van der Waals surface area contributed by atoms with Gasteiger partial charge in [0.2, 0.25) is 11.8 Å². The van der Waals surface area contributed by atoms with Gasteiger partial charge in [-0.3, -0.25) is 29.5 Å². The zero-order valence-corrected chi connectivity index (χ0v) is 28.9. The Labute approximate surface area is 304 Å². The summed E-state index contributed by atoms with van der Waals surface area (Å²) >= 11 is 6.35. The van der Waals surface area contributed by atoms with Gasteiger partial charge in [0.15, 0.2) is 0 Å². The summed E-state index contributed by atoms with van der Waals surface area (Å²) < 4.78 is 13.9. The highest BCUT2D eigenvalue weighted by molar-refractivity contribution is 6.30. The number of para-hydroxylation sites is 1. The first-order chi connectivity index (χ1) is 25.0. The summed E-state index contributed by atoms with van der Waals surface area (Å²) in [6.45, 7) is 1.91. The predicted octanol–water partition coefficient (Wildman–Crippen LogP) is 6.43. The fourth-order valence-corrected chi connectivity index (χ4v) is 9.23. The van der Waals surface area contributed by atoms with Crippen LogP contribution in [0.2, 0.25) is 5.02 Å². The lowest BCUT2D eigenvalue weighted by Gasteiger charge is -2.50. The molecule has 2 saturated heterocycles. The predicted molar refractivity (Wildman–Crippen MR) is 190 cm³/mol. The van der Waals surface area contributed by atoms with Gasteiger partial charge in [-0.15, -0.1) is 0 Å². The molecule has 6 unspecified atom stereocenters. The maximum absolute atomic E-state index is 15.2. The number of rotatable bonds is 7. The number of hydrazine groups is 1. The first-order valence-corrected chi connectivity index (χ1v) is 17.7. The summed E-state index contributed by atoms with van der Waals surface area (Å²) in [6, 6.07) is 24.0. The Hall–Kier alpha value is -5.48. The summed E-state index contributed by atoms with van der Waals surface area (Å²) in [7, 11) is 0. The van der Waals surface area contributed by atoms with Crippen LogP contribution in [0.5, 0.6) is 11.5 Å². The number of amides is 4. The van der Waals surface area contributed by atoms with Gasteiger partial charge in [0, 0.05) is 23.0 Å². The van der Waals surface area contributed by atoms with Crippen molar-refractivity contribution < 1.29 is 33.8 Å². The molecule has 0 spiro atoms. The minimum atomic E-state index is -1.58. The number of nitrogens with zero attached hydrogens (tertiary/aromatic N) is 2. The van der Waals surface area contributed by atoms with E-state index in [2.05, 4.69) is 5.43 Å². The smallest absolute Gasteiger partial charge is 0.260 e. The number of imide groups is 2. The summed E-state index contributed by atoms with van der Waals surface area (Å²) in [6.07, 6.45) is 2.69. The van der Waals surface area contributed by atoms with E-state index in [4.69, 9.17) is 11.6 Å². The molecule has 2 aliphatic carbocycles. The highest BCUT2D eigenvalue weighted by Gasteiger charge is 2.70. The molecule has 0 aromatic heterocycles. The molecule has 52 heavy (non-hydrogen) atoms. The van der Waals surface area contributed by atoms with E-state index in [1.54, 1.807) is 73.7 Å². The number of fused-ring (bicyclic) bond motifs is 4. The number of carbonyl (C=O) groups is 4. The Balaban J connectivity index is 1.26. The Kier molecular flexibility index (Phi) is 8.17. The Morgan fingerprint density at radius 1 is 0.865 bits per heavy atom. The molecule has 2 heterocycles. The molecule has 1 saturated carbocycles. The fourth-order valence-electron chi connectivity index (χ4n) is 9.10. The normalized spacial score (nSPS) is 26.6. The summed E-state index contributed by atoms with van der Waals surface area (Å²) in [5, 5.41) is 22.8. The van der Waals surface area contributed by atoms with Crippen molar-refractivity contribution in [1.29, 1.82) is 0 Å². The second kappa shape index (κ2) is 12.6. The van der Waals surface area contributed by atoms with Crippen LogP contribution in [0.25, 0.3) is 0 Å². The number of hydrogen-bond acceptors (Lipinski definition) is 7. The van der Waals surface area contributed by atoms with Crippen LogP contribution in [0.15, 0.2) is 103 Å². The van der Waals surface area contributed by atoms with Gasteiger partial charge in [0.05, 0.1) is 28.9 Å². The summed E-state index contributed by atoms with van der Waals surface area (Å²) in [4.78, 5) is 59.5. The zero-order chi connectivity index (χ0) is 36.5. The third-order valence-corrected chi connectivity index (χ3v) is 11.7. The summed E-state index contributed by atoms with van der Waals surface area (Å²) in [5.74, 6) is -6.02. The van der Waals surface area contributed by atoms with Crippen LogP contribution in [-0.2, 0) is 31.0 Å². The molecule has 264 valence electrons. The van der Waals surface area contributed by atoms with Crippen LogP contribution in [0.1, 0.15) is 41.0 Å². The summed E-state index contributed by atoms with van der Waals surface area (Å²) in [5.41, 5.74) is 4.76. The maximum atomic E-state index is 15.2. The second-order valence-electron chi connectivity index (χ2n) is 14.1. The number of allylic oxidation sites excluding steroid dienone is 2. The molecule has 4 aromatic rings. The third kappa shape index (κ3) is 5.10. The van der Waals surface area contributed by atoms with E-state index in [1.807, 2.05) is 6.08 Å². The van der Waals surface area contributed by atoms with Crippen LogP contribution in [-0.4, -0.2) is 50.3 Å². The molecule has 4 amide bonds. The number of hydrogen-bond donors (Lipinski definition) is 3. The monoisotopic (exact) mass is 719 g/mol. The number of anilines is 1. The number of phenols is 2. The number of carbonyl (C=O) groups excluding carboxylic acids is 4. The molecule has 3 N–H and O–H groups in total. The van der Waals surface area contributed by atoms with Crippen molar-refractivity contribution in [2.45, 2.75) is 37.5 Å². The molecule has 4 aromatic carbocycles. The molecular formula is C41H35ClFN3O6. The minimum absolute atomic E-state index is 0.0298. The lowest BCUT2D eigenvalue weighted by atomic mass is 9.49. The van der Waals surface area contributed by atoms with E-state index >= 15 is 4.79 Å². The number of likely N-dealkylation sites (tertiary alicyclic amines) is 1. The number of benzene rings is 4. The van der Waals surface area contributed by atoms with Crippen molar-refractivity contribution in [3.05, 3.63) is 136 Å². The molecule has 0 radical (unpaired) electrons. The lowest BCUT2D eigenvalue weighted by molar-refractivity contribution is -0.141. The van der Waals surface area contributed by atoms with Crippen LogP contribution < -0.4 is 5.43 Å².